The molecular formula is C22H16N8O4. The molecule has 0 saturated carbocycles. The second kappa shape index (κ2) is 9.91. The summed E-state index contributed by atoms with van der Waals surface area (Å²) in [5, 5.41) is 36.7. The molecule has 3 aromatic carbocycles. The van der Waals surface area contributed by atoms with Crippen LogP contribution >= 0.6 is 0 Å². The summed E-state index contributed by atoms with van der Waals surface area (Å²) in [4.78, 5) is 29.5. The number of aromatic nitrogens is 2. The maximum atomic E-state index is 11.8. The largest absolute Gasteiger partial charge is 0.353 e. The van der Waals surface area contributed by atoms with E-state index in [1.54, 1.807) is 24.3 Å². The Morgan fingerprint density at radius 2 is 1.29 bits per heavy atom. The third-order valence-corrected chi connectivity index (χ3v) is 4.49. The molecule has 2 N–H and O–H groups in total. The number of nitrogens with zero attached hydrogens (tertiary/aromatic N) is 6. The van der Waals surface area contributed by atoms with Crippen molar-refractivity contribution in [2.75, 3.05) is 10.6 Å². The van der Waals surface area contributed by atoms with E-state index in [4.69, 9.17) is 0 Å². The zero-order chi connectivity index (χ0) is 23.9. The van der Waals surface area contributed by atoms with Crippen LogP contribution in [0.2, 0.25) is 0 Å². The monoisotopic (exact) mass is 456 g/mol. The summed E-state index contributed by atoms with van der Waals surface area (Å²) < 4.78 is 0. The summed E-state index contributed by atoms with van der Waals surface area (Å²) >= 11 is 0. The predicted molar refractivity (Wildman–Crippen MR) is 125 cm³/mol. The summed E-state index contributed by atoms with van der Waals surface area (Å²) in [6.45, 7) is 0. The molecule has 0 aliphatic carbocycles. The van der Waals surface area contributed by atoms with Crippen molar-refractivity contribution < 1.29 is 9.85 Å². The Morgan fingerprint density at radius 1 is 0.676 bits per heavy atom. The quantitative estimate of drug-likeness (QED) is 0.180. The molecule has 0 unspecified atom stereocenters. The lowest BCUT2D eigenvalue weighted by molar-refractivity contribution is -0.384. The lowest BCUT2D eigenvalue weighted by Gasteiger charge is -2.10. The van der Waals surface area contributed by atoms with Crippen LogP contribution in [-0.2, 0) is 0 Å². The summed E-state index contributed by atoms with van der Waals surface area (Å²) in [7, 11) is 0. The maximum Gasteiger partial charge on any atom is 0.353 e. The fraction of sp³-hybridized carbons (Fsp3) is 0. The minimum Gasteiger partial charge on any atom is -0.334 e. The van der Waals surface area contributed by atoms with Crippen molar-refractivity contribution in [1.82, 2.24) is 9.97 Å². The SMILES string of the molecule is O=[N+]([O-])c1cccc(Nc2ncnc(Nc3ccc(N=Nc4ccccc4)cc3)c2[N+](=O)[O-])c1. The first-order valence-corrected chi connectivity index (χ1v) is 9.84. The van der Waals surface area contributed by atoms with Gasteiger partial charge in [0, 0.05) is 23.5 Å². The van der Waals surface area contributed by atoms with E-state index < -0.39 is 15.5 Å². The van der Waals surface area contributed by atoms with Gasteiger partial charge in [0.15, 0.2) is 0 Å². The van der Waals surface area contributed by atoms with Gasteiger partial charge in [0.25, 0.3) is 5.69 Å². The number of azo groups is 1. The van der Waals surface area contributed by atoms with Crippen LogP contribution < -0.4 is 10.6 Å². The molecule has 0 amide bonds. The average molecular weight is 456 g/mol. The first kappa shape index (κ1) is 22.0. The molecule has 0 radical (unpaired) electrons. The fourth-order valence-electron chi connectivity index (χ4n) is 2.93. The van der Waals surface area contributed by atoms with Crippen molar-refractivity contribution in [2.45, 2.75) is 0 Å². The highest BCUT2D eigenvalue weighted by Gasteiger charge is 2.23. The molecule has 168 valence electrons. The number of benzene rings is 3. The van der Waals surface area contributed by atoms with E-state index in [2.05, 4.69) is 30.8 Å². The third-order valence-electron chi connectivity index (χ3n) is 4.49. The Balaban J connectivity index is 1.55. The van der Waals surface area contributed by atoms with E-state index in [1.807, 2.05) is 30.3 Å². The lowest BCUT2D eigenvalue weighted by Crippen LogP contribution is -2.05. The van der Waals surface area contributed by atoms with Crippen molar-refractivity contribution >= 4 is 45.8 Å². The minimum absolute atomic E-state index is 0.0495. The summed E-state index contributed by atoms with van der Waals surface area (Å²) in [5.74, 6) is -0.164. The second-order valence-corrected chi connectivity index (χ2v) is 6.82. The number of nitro groups is 2. The topological polar surface area (TPSA) is 161 Å². The Hall–Kier alpha value is -5.26. The molecule has 0 bridgehead atoms. The predicted octanol–water partition coefficient (Wildman–Crippen LogP) is 6.20. The number of hydrogen-bond donors (Lipinski definition) is 2. The Labute approximate surface area is 192 Å². The summed E-state index contributed by atoms with van der Waals surface area (Å²) in [6.07, 6.45) is 1.15. The average Bonchev–Trinajstić information content (AvgIpc) is 2.84. The molecule has 4 rings (SSSR count). The van der Waals surface area contributed by atoms with Gasteiger partial charge < -0.3 is 10.6 Å². The van der Waals surface area contributed by atoms with Crippen molar-refractivity contribution in [3.8, 4) is 0 Å². The van der Waals surface area contributed by atoms with E-state index in [1.165, 1.54) is 24.3 Å². The van der Waals surface area contributed by atoms with Gasteiger partial charge in [-0.1, -0.05) is 24.3 Å². The van der Waals surface area contributed by atoms with Gasteiger partial charge in [-0.25, -0.2) is 9.97 Å². The van der Waals surface area contributed by atoms with Crippen LogP contribution in [0.4, 0.5) is 45.8 Å². The molecule has 1 aromatic heterocycles. The van der Waals surface area contributed by atoms with Crippen molar-refractivity contribution in [1.29, 1.82) is 0 Å². The van der Waals surface area contributed by atoms with Gasteiger partial charge in [-0.2, -0.15) is 10.2 Å². The van der Waals surface area contributed by atoms with Crippen LogP contribution in [0.25, 0.3) is 0 Å². The van der Waals surface area contributed by atoms with Gasteiger partial charge in [-0.3, -0.25) is 20.2 Å². The van der Waals surface area contributed by atoms with Crippen LogP contribution in [0.3, 0.4) is 0 Å². The van der Waals surface area contributed by atoms with Gasteiger partial charge in [0.1, 0.15) is 6.33 Å². The number of hydrogen-bond acceptors (Lipinski definition) is 10. The van der Waals surface area contributed by atoms with Crippen LogP contribution in [-0.4, -0.2) is 19.8 Å². The Kier molecular flexibility index (Phi) is 6.40. The molecule has 0 atom stereocenters. The molecule has 12 heteroatoms. The molecular weight excluding hydrogens is 440 g/mol. The number of anilines is 4. The Morgan fingerprint density at radius 3 is 1.91 bits per heavy atom. The van der Waals surface area contributed by atoms with E-state index in [-0.39, 0.29) is 23.0 Å². The van der Waals surface area contributed by atoms with Crippen molar-refractivity contribution in [3.63, 3.8) is 0 Å². The zero-order valence-electron chi connectivity index (χ0n) is 17.4. The molecule has 34 heavy (non-hydrogen) atoms. The molecule has 0 fully saturated rings. The van der Waals surface area contributed by atoms with Crippen molar-refractivity contribution in [3.05, 3.63) is 105 Å². The first-order valence-electron chi connectivity index (χ1n) is 9.84. The van der Waals surface area contributed by atoms with Gasteiger partial charge in [0.2, 0.25) is 11.6 Å². The molecule has 12 nitrogen and oxygen atoms in total. The van der Waals surface area contributed by atoms with Gasteiger partial charge in [-0.05, 0) is 42.5 Å². The number of non-ortho nitro benzene ring substituents is 1. The highest BCUT2D eigenvalue weighted by atomic mass is 16.6. The Bertz CT molecular complexity index is 1360. The van der Waals surface area contributed by atoms with Crippen LogP contribution in [0.15, 0.2) is 95.4 Å². The van der Waals surface area contributed by atoms with E-state index in [9.17, 15) is 20.2 Å². The van der Waals surface area contributed by atoms with Crippen molar-refractivity contribution in [2.24, 2.45) is 10.2 Å². The molecule has 0 spiro atoms. The lowest BCUT2D eigenvalue weighted by atomic mass is 10.2. The maximum absolute atomic E-state index is 11.8. The van der Waals surface area contributed by atoms with Gasteiger partial charge in [-0.15, -0.1) is 0 Å². The first-order chi connectivity index (χ1) is 16.5. The summed E-state index contributed by atoms with van der Waals surface area (Å²) in [5.41, 5.74) is 1.54. The second-order valence-electron chi connectivity index (χ2n) is 6.82. The van der Waals surface area contributed by atoms with Gasteiger partial charge >= 0.3 is 5.69 Å². The highest BCUT2D eigenvalue weighted by Crippen LogP contribution is 2.34. The molecule has 4 aromatic rings. The standard InChI is InChI=1S/C22H16N8O4/c31-29(32)19-8-4-7-18(13-19)26-22-20(30(33)34)21(23-14-24-22)25-15-9-11-17(12-10-15)28-27-16-5-2-1-3-6-16/h1-14H,(H2,23,24,25,26). The smallest absolute Gasteiger partial charge is 0.334 e. The van der Waals surface area contributed by atoms with Crippen LogP contribution in [0, 0.1) is 20.2 Å². The van der Waals surface area contributed by atoms with E-state index in [0.29, 0.717) is 17.1 Å². The van der Waals surface area contributed by atoms with E-state index in [0.717, 1.165) is 6.33 Å². The molecule has 0 aliphatic heterocycles. The minimum atomic E-state index is -0.634. The van der Waals surface area contributed by atoms with Gasteiger partial charge in [0.05, 0.1) is 21.2 Å². The van der Waals surface area contributed by atoms with Crippen LogP contribution in [0.5, 0.6) is 0 Å². The summed E-state index contributed by atoms with van der Waals surface area (Å²) in [6, 6.07) is 21.6. The van der Waals surface area contributed by atoms with Crippen LogP contribution in [0.1, 0.15) is 0 Å². The van der Waals surface area contributed by atoms with E-state index >= 15 is 0 Å². The third kappa shape index (κ3) is 5.31. The normalized spacial score (nSPS) is 10.7. The highest BCUT2D eigenvalue weighted by molar-refractivity contribution is 5.77. The number of nitro benzene ring substituents is 1. The molecule has 0 aliphatic rings. The number of nitrogens with one attached hydrogen (secondary N) is 2. The zero-order valence-corrected chi connectivity index (χ0v) is 17.4. The number of rotatable bonds is 8. The fourth-order valence-corrected chi connectivity index (χ4v) is 2.93. The molecule has 1 heterocycles. The molecule has 0 saturated heterocycles.